The normalized spacial score (nSPS) is 14.6. The van der Waals surface area contributed by atoms with Gasteiger partial charge in [0.05, 0.1) is 0 Å². The van der Waals surface area contributed by atoms with Crippen molar-refractivity contribution < 1.29 is 43.5 Å². The molecular weight excluding hydrogens is 364 g/mol. The van der Waals surface area contributed by atoms with E-state index in [0.717, 1.165) is 0 Å². The van der Waals surface area contributed by atoms with Crippen molar-refractivity contribution in [3.63, 3.8) is 0 Å². The van der Waals surface area contributed by atoms with Crippen molar-refractivity contribution in [3.05, 3.63) is 11.3 Å². The van der Waals surface area contributed by atoms with Crippen LogP contribution in [0, 0.1) is 0 Å². The molecule has 122 valence electrons. The predicted octanol–water partition coefficient (Wildman–Crippen LogP) is 3.02. The van der Waals surface area contributed by atoms with E-state index in [4.69, 9.17) is 0 Å². The fourth-order valence-electron chi connectivity index (χ4n) is 1.40. The van der Waals surface area contributed by atoms with Crippen molar-refractivity contribution in [2.24, 2.45) is 7.05 Å². The first-order valence-corrected chi connectivity index (χ1v) is 6.86. The van der Waals surface area contributed by atoms with Crippen molar-refractivity contribution in [3.8, 4) is 0 Å². The molecule has 1 aromatic rings. The Hall–Kier alpha value is -1.11. The molecular formula is C7H3ClF8N2O2S. The van der Waals surface area contributed by atoms with Gasteiger partial charge in [0.2, 0.25) is 0 Å². The molecule has 0 amide bonds. The molecule has 0 aliphatic rings. The minimum atomic E-state index is -6.41. The number of nitrogens with zero attached hydrogens (tertiary/aromatic N) is 2. The average molecular weight is 367 g/mol. The second kappa shape index (κ2) is 4.69. The molecule has 14 heteroatoms. The van der Waals surface area contributed by atoms with Crippen molar-refractivity contribution in [1.29, 1.82) is 0 Å². The lowest BCUT2D eigenvalue weighted by molar-refractivity contribution is -0.292. The summed E-state index contributed by atoms with van der Waals surface area (Å²) >= 11 is 0. The Morgan fingerprint density at radius 1 is 1.05 bits per heavy atom. The fraction of sp³-hybridized carbons (Fsp3) is 0.571. The minimum absolute atomic E-state index is 0.305. The van der Waals surface area contributed by atoms with Crippen LogP contribution in [0.2, 0.25) is 0 Å². The summed E-state index contributed by atoms with van der Waals surface area (Å²) < 4.78 is 122. The third-order valence-corrected chi connectivity index (χ3v) is 3.53. The molecule has 4 nitrogen and oxygen atoms in total. The molecule has 0 saturated carbocycles. The van der Waals surface area contributed by atoms with Gasteiger partial charge in [-0.1, -0.05) is 0 Å². The Balaban J connectivity index is 3.89. The lowest BCUT2D eigenvalue weighted by Crippen LogP contribution is -2.36. The van der Waals surface area contributed by atoms with E-state index in [0.29, 0.717) is 7.05 Å². The molecule has 0 fully saturated rings. The molecule has 21 heavy (non-hydrogen) atoms. The van der Waals surface area contributed by atoms with Crippen molar-refractivity contribution in [2.75, 3.05) is 0 Å². The fourth-order valence-corrected chi connectivity index (χ4v) is 2.74. The summed E-state index contributed by atoms with van der Waals surface area (Å²) in [5.74, 6) is -6.02. The largest absolute Gasteiger partial charge is 0.459 e. The number of aromatic nitrogens is 2. The number of rotatable bonds is 2. The third kappa shape index (κ3) is 3.07. The van der Waals surface area contributed by atoms with Crippen LogP contribution in [0.5, 0.6) is 0 Å². The Morgan fingerprint density at radius 3 is 1.76 bits per heavy atom. The van der Waals surface area contributed by atoms with E-state index in [1.165, 1.54) is 0 Å². The van der Waals surface area contributed by atoms with E-state index in [-0.39, 0.29) is 4.68 Å². The molecule has 0 aliphatic heterocycles. The average Bonchev–Trinajstić information content (AvgIpc) is 2.53. The molecule has 0 spiro atoms. The van der Waals surface area contributed by atoms with Gasteiger partial charge in [0.1, 0.15) is 5.56 Å². The Kier molecular flexibility index (Phi) is 4.01. The van der Waals surface area contributed by atoms with Crippen molar-refractivity contribution >= 4 is 19.7 Å². The van der Waals surface area contributed by atoms with Crippen LogP contribution < -0.4 is 0 Å². The van der Waals surface area contributed by atoms with Gasteiger partial charge in [0.15, 0.2) is 10.7 Å². The van der Waals surface area contributed by atoms with E-state index in [2.05, 4.69) is 15.8 Å². The van der Waals surface area contributed by atoms with E-state index in [1.807, 2.05) is 0 Å². The third-order valence-electron chi connectivity index (χ3n) is 2.16. The SMILES string of the molecule is Cn1nc(C(F)(F)C(F)(F)F)c(C(F)(F)F)c1S(=O)(=O)Cl. The second-order valence-corrected chi connectivity index (χ2v) is 6.14. The summed E-state index contributed by atoms with van der Waals surface area (Å²) in [6.07, 6.45) is -12.3. The van der Waals surface area contributed by atoms with Gasteiger partial charge in [-0.05, 0) is 0 Å². The van der Waals surface area contributed by atoms with Gasteiger partial charge in [-0.2, -0.15) is 40.2 Å². The monoisotopic (exact) mass is 366 g/mol. The standard InChI is InChI=1S/C7H3ClF8N2O2S/c1-18-4(21(8,19)20)2(6(11,12)13)3(17-18)5(9,10)7(14,15)16/h1H3. The summed E-state index contributed by atoms with van der Waals surface area (Å²) in [4.78, 5) is 0. The number of hydrogen-bond acceptors (Lipinski definition) is 3. The molecule has 0 aromatic carbocycles. The highest BCUT2D eigenvalue weighted by Gasteiger charge is 2.64. The molecule has 0 aliphatic carbocycles. The Bertz CT molecular complexity index is 659. The first-order chi connectivity index (χ1) is 9.01. The van der Waals surface area contributed by atoms with Crippen LogP contribution in [-0.2, 0) is 28.2 Å². The van der Waals surface area contributed by atoms with Gasteiger partial charge in [-0.25, -0.2) is 8.42 Å². The number of alkyl halides is 8. The summed E-state index contributed by atoms with van der Waals surface area (Å²) in [5, 5.41) is 0.341. The number of halogens is 9. The summed E-state index contributed by atoms with van der Waals surface area (Å²) in [5.41, 5.74) is -5.55. The molecule has 1 heterocycles. The zero-order valence-corrected chi connectivity index (χ0v) is 11.1. The van der Waals surface area contributed by atoms with Gasteiger partial charge in [-0.3, -0.25) is 4.68 Å². The van der Waals surface area contributed by atoms with Gasteiger partial charge >= 0.3 is 18.3 Å². The first-order valence-electron chi connectivity index (χ1n) is 4.55. The van der Waals surface area contributed by atoms with Gasteiger partial charge in [0, 0.05) is 17.7 Å². The topological polar surface area (TPSA) is 52.0 Å². The summed E-state index contributed by atoms with van der Waals surface area (Å²) in [7, 11) is -0.211. The van der Waals surface area contributed by atoms with E-state index in [9.17, 15) is 43.5 Å². The zero-order valence-electron chi connectivity index (χ0n) is 9.52. The predicted molar refractivity (Wildman–Crippen MR) is 51.2 cm³/mol. The lowest BCUT2D eigenvalue weighted by atomic mass is 10.1. The maximum Gasteiger partial charge on any atom is 0.459 e. The first kappa shape index (κ1) is 17.9. The molecule has 0 bridgehead atoms. The van der Waals surface area contributed by atoms with E-state index in [1.54, 1.807) is 0 Å². The van der Waals surface area contributed by atoms with Gasteiger partial charge in [-0.15, -0.1) is 0 Å². The van der Waals surface area contributed by atoms with Crippen molar-refractivity contribution in [2.45, 2.75) is 23.3 Å². The molecule has 0 radical (unpaired) electrons. The molecule has 0 atom stereocenters. The van der Waals surface area contributed by atoms with Crippen LogP contribution in [0.1, 0.15) is 11.3 Å². The number of hydrogen-bond donors (Lipinski definition) is 0. The zero-order chi connectivity index (χ0) is 17.0. The van der Waals surface area contributed by atoms with E-state index < -0.39 is 43.6 Å². The smallest absolute Gasteiger partial charge is 0.255 e. The maximum absolute atomic E-state index is 13.1. The van der Waals surface area contributed by atoms with Crippen molar-refractivity contribution in [1.82, 2.24) is 9.78 Å². The van der Waals surface area contributed by atoms with Crippen LogP contribution in [-0.4, -0.2) is 24.4 Å². The van der Waals surface area contributed by atoms with Gasteiger partial charge < -0.3 is 0 Å². The van der Waals surface area contributed by atoms with Crippen LogP contribution >= 0.6 is 10.7 Å². The number of aryl methyl sites for hydroxylation is 1. The molecule has 0 saturated heterocycles. The molecule has 0 N–H and O–H groups in total. The highest BCUT2D eigenvalue weighted by molar-refractivity contribution is 8.13. The minimum Gasteiger partial charge on any atom is -0.255 e. The summed E-state index contributed by atoms with van der Waals surface area (Å²) in [6, 6.07) is 0. The van der Waals surface area contributed by atoms with Crippen LogP contribution in [0.3, 0.4) is 0 Å². The quantitative estimate of drug-likeness (QED) is 0.597. The van der Waals surface area contributed by atoms with Gasteiger partial charge in [0.25, 0.3) is 9.05 Å². The Labute approximate surface area is 115 Å². The molecule has 1 aromatic heterocycles. The Morgan fingerprint density at radius 2 is 1.48 bits per heavy atom. The van der Waals surface area contributed by atoms with Crippen LogP contribution in [0.25, 0.3) is 0 Å². The van der Waals surface area contributed by atoms with E-state index >= 15 is 0 Å². The molecule has 0 unspecified atom stereocenters. The van der Waals surface area contributed by atoms with Crippen LogP contribution in [0.4, 0.5) is 35.1 Å². The lowest BCUT2D eigenvalue weighted by Gasteiger charge is -2.19. The highest BCUT2D eigenvalue weighted by atomic mass is 35.7. The second-order valence-electron chi connectivity index (χ2n) is 3.66. The maximum atomic E-state index is 13.1. The highest BCUT2D eigenvalue weighted by Crippen LogP contribution is 2.49. The molecule has 1 rings (SSSR count). The van der Waals surface area contributed by atoms with Crippen LogP contribution in [0.15, 0.2) is 5.03 Å². The summed E-state index contributed by atoms with van der Waals surface area (Å²) in [6.45, 7) is 0.